The summed E-state index contributed by atoms with van der Waals surface area (Å²) in [6.07, 6.45) is 1.06. The lowest BCUT2D eigenvalue weighted by Gasteiger charge is -2.29. The van der Waals surface area contributed by atoms with Gasteiger partial charge in [0.25, 0.3) is 0 Å². The van der Waals surface area contributed by atoms with Crippen molar-refractivity contribution >= 4 is 27.7 Å². The molecule has 3 rings (SSSR count). The van der Waals surface area contributed by atoms with Crippen molar-refractivity contribution in [2.24, 2.45) is 0 Å². The number of benzene rings is 1. The highest BCUT2D eigenvalue weighted by molar-refractivity contribution is 9.10. The van der Waals surface area contributed by atoms with E-state index in [0.717, 1.165) is 17.6 Å². The van der Waals surface area contributed by atoms with Crippen molar-refractivity contribution in [2.45, 2.75) is 32.0 Å². The van der Waals surface area contributed by atoms with E-state index in [-0.39, 0.29) is 17.9 Å². The van der Waals surface area contributed by atoms with Gasteiger partial charge >= 0.3 is 0 Å². The van der Waals surface area contributed by atoms with Crippen LogP contribution in [-0.2, 0) is 22.7 Å². The molecule has 0 spiro atoms. The minimum Gasteiger partial charge on any atom is -0.295 e. The van der Waals surface area contributed by atoms with E-state index in [9.17, 15) is 9.59 Å². The Balaban J connectivity index is 1.80. The first-order chi connectivity index (χ1) is 8.65. The van der Waals surface area contributed by atoms with Crippen molar-refractivity contribution in [1.29, 1.82) is 0 Å². The van der Waals surface area contributed by atoms with Crippen LogP contribution in [0.5, 0.6) is 0 Å². The third-order valence-corrected chi connectivity index (χ3v) is 4.34. The summed E-state index contributed by atoms with van der Waals surface area (Å²) in [5.41, 5.74) is 2.51. The van der Waals surface area contributed by atoms with Crippen molar-refractivity contribution in [3.05, 3.63) is 33.8 Å². The second-order valence-electron chi connectivity index (χ2n) is 4.75. The van der Waals surface area contributed by atoms with E-state index in [1.165, 1.54) is 11.1 Å². The Kier molecular flexibility index (Phi) is 2.95. The van der Waals surface area contributed by atoms with E-state index in [4.69, 9.17) is 0 Å². The molecule has 1 aromatic rings. The number of nitrogens with one attached hydrogen (secondary N) is 1. The first-order valence-electron chi connectivity index (χ1n) is 5.99. The van der Waals surface area contributed by atoms with Crippen LogP contribution < -0.4 is 5.32 Å². The molecule has 0 aliphatic carbocycles. The number of hydrogen-bond donors (Lipinski definition) is 1. The van der Waals surface area contributed by atoms with Crippen molar-refractivity contribution < 1.29 is 9.59 Å². The topological polar surface area (TPSA) is 49.4 Å². The standard InChI is InChI=1S/C13H13BrN2O2/c14-10-3-1-2-8-6-16(7-9(8)10)11-4-5-12(17)15-13(11)18/h1-3,11H,4-7H2,(H,15,17,18). The Morgan fingerprint density at radius 2 is 2.11 bits per heavy atom. The molecule has 1 saturated heterocycles. The maximum atomic E-state index is 11.8. The molecule has 18 heavy (non-hydrogen) atoms. The minimum atomic E-state index is -0.179. The molecule has 5 heteroatoms. The molecule has 2 amide bonds. The predicted molar refractivity (Wildman–Crippen MR) is 69.6 cm³/mol. The van der Waals surface area contributed by atoms with Crippen molar-refractivity contribution in [1.82, 2.24) is 10.2 Å². The van der Waals surface area contributed by atoms with Gasteiger partial charge in [-0.25, -0.2) is 0 Å². The van der Waals surface area contributed by atoms with Gasteiger partial charge in [0.1, 0.15) is 0 Å². The van der Waals surface area contributed by atoms with Gasteiger partial charge in [-0.1, -0.05) is 28.1 Å². The number of piperidine rings is 1. The van der Waals surface area contributed by atoms with Gasteiger partial charge in [0.05, 0.1) is 6.04 Å². The molecule has 1 atom stereocenters. The fraction of sp³-hybridized carbons (Fsp3) is 0.385. The zero-order valence-electron chi connectivity index (χ0n) is 9.78. The van der Waals surface area contributed by atoms with Crippen LogP contribution in [0.3, 0.4) is 0 Å². The molecule has 0 bridgehead atoms. The van der Waals surface area contributed by atoms with E-state index in [1.54, 1.807) is 0 Å². The summed E-state index contributed by atoms with van der Waals surface area (Å²) in [6.45, 7) is 1.55. The normalized spacial score (nSPS) is 23.9. The van der Waals surface area contributed by atoms with E-state index in [2.05, 4.69) is 32.2 Å². The van der Waals surface area contributed by atoms with Crippen LogP contribution in [0.2, 0.25) is 0 Å². The molecular weight excluding hydrogens is 296 g/mol. The lowest BCUT2D eigenvalue weighted by Crippen LogP contribution is -2.50. The highest BCUT2D eigenvalue weighted by Crippen LogP contribution is 2.31. The average Bonchev–Trinajstić information content (AvgIpc) is 2.74. The third kappa shape index (κ3) is 1.97. The quantitative estimate of drug-likeness (QED) is 0.801. The number of hydrogen-bond acceptors (Lipinski definition) is 3. The number of nitrogens with zero attached hydrogens (tertiary/aromatic N) is 1. The maximum absolute atomic E-state index is 11.8. The Bertz CT molecular complexity index is 530. The fourth-order valence-electron chi connectivity index (χ4n) is 2.66. The predicted octanol–water partition coefficient (Wildman–Crippen LogP) is 1.57. The first kappa shape index (κ1) is 11.9. The molecule has 94 valence electrons. The van der Waals surface area contributed by atoms with Gasteiger partial charge in [0, 0.05) is 24.0 Å². The smallest absolute Gasteiger partial charge is 0.243 e. The Labute approximate surface area is 113 Å². The molecule has 2 aliphatic rings. The lowest BCUT2D eigenvalue weighted by molar-refractivity contribution is -0.137. The monoisotopic (exact) mass is 308 g/mol. The van der Waals surface area contributed by atoms with E-state index in [0.29, 0.717) is 12.8 Å². The average molecular weight is 309 g/mol. The molecule has 1 N–H and O–H groups in total. The van der Waals surface area contributed by atoms with Gasteiger partial charge in [-0.15, -0.1) is 0 Å². The van der Waals surface area contributed by atoms with Crippen LogP contribution in [0.15, 0.2) is 22.7 Å². The van der Waals surface area contributed by atoms with Gasteiger partial charge < -0.3 is 0 Å². The molecular formula is C13H13BrN2O2. The number of halogens is 1. The van der Waals surface area contributed by atoms with Crippen LogP contribution in [0.25, 0.3) is 0 Å². The second kappa shape index (κ2) is 4.48. The minimum absolute atomic E-state index is 0.157. The van der Waals surface area contributed by atoms with Gasteiger partial charge in [0.2, 0.25) is 11.8 Å². The summed E-state index contributed by atoms with van der Waals surface area (Å²) in [5, 5.41) is 2.42. The highest BCUT2D eigenvalue weighted by atomic mass is 79.9. The number of fused-ring (bicyclic) bond motifs is 1. The molecule has 0 aromatic heterocycles. The second-order valence-corrected chi connectivity index (χ2v) is 5.60. The van der Waals surface area contributed by atoms with Crippen LogP contribution in [0.4, 0.5) is 0 Å². The van der Waals surface area contributed by atoms with Gasteiger partial charge in [-0.2, -0.15) is 0 Å². The van der Waals surface area contributed by atoms with Gasteiger partial charge in [0.15, 0.2) is 0 Å². The molecule has 0 saturated carbocycles. The van der Waals surface area contributed by atoms with E-state index >= 15 is 0 Å². The van der Waals surface area contributed by atoms with E-state index in [1.807, 2.05) is 12.1 Å². The van der Waals surface area contributed by atoms with Crippen molar-refractivity contribution in [3.8, 4) is 0 Å². The Morgan fingerprint density at radius 3 is 2.83 bits per heavy atom. The summed E-state index contributed by atoms with van der Waals surface area (Å²) in [4.78, 5) is 25.1. The fourth-order valence-corrected chi connectivity index (χ4v) is 3.19. The van der Waals surface area contributed by atoms with Crippen LogP contribution in [-0.4, -0.2) is 22.8 Å². The largest absolute Gasteiger partial charge is 0.295 e. The summed E-state index contributed by atoms with van der Waals surface area (Å²) < 4.78 is 1.09. The molecule has 1 unspecified atom stereocenters. The Morgan fingerprint density at radius 1 is 1.28 bits per heavy atom. The SMILES string of the molecule is O=C1CCC(N2Cc3cccc(Br)c3C2)C(=O)N1. The first-order valence-corrected chi connectivity index (χ1v) is 6.78. The van der Waals surface area contributed by atoms with Crippen molar-refractivity contribution in [3.63, 3.8) is 0 Å². The Hall–Kier alpha value is -1.20. The van der Waals surface area contributed by atoms with Crippen LogP contribution >= 0.6 is 15.9 Å². The zero-order chi connectivity index (χ0) is 12.7. The number of amides is 2. The molecule has 4 nitrogen and oxygen atoms in total. The highest BCUT2D eigenvalue weighted by Gasteiger charge is 2.35. The van der Waals surface area contributed by atoms with Crippen LogP contribution in [0, 0.1) is 0 Å². The van der Waals surface area contributed by atoms with Gasteiger partial charge in [-0.3, -0.25) is 19.8 Å². The number of carbonyl (C=O) groups is 2. The van der Waals surface area contributed by atoms with Gasteiger partial charge in [-0.05, 0) is 23.6 Å². The number of rotatable bonds is 1. The van der Waals surface area contributed by atoms with Crippen LogP contribution in [0.1, 0.15) is 24.0 Å². The molecule has 2 aliphatic heterocycles. The summed E-state index contributed by atoms with van der Waals surface area (Å²) >= 11 is 3.54. The molecule has 0 radical (unpaired) electrons. The maximum Gasteiger partial charge on any atom is 0.243 e. The lowest BCUT2D eigenvalue weighted by atomic mass is 10.0. The van der Waals surface area contributed by atoms with Crippen molar-refractivity contribution in [2.75, 3.05) is 0 Å². The molecule has 1 aromatic carbocycles. The zero-order valence-corrected chi connectivity index (χ0v) is 11.4. The molecule has 1 fully saturated rings. The number of imide groups is 1. The number of carbonyl (C=O) groups excluding carboxylic acids is 2. The van der Waals surface area contributed by atoms with E-state index < -0.39 is 0 Å². The summed E-state index contributed by atoms with van der Waals surface area (Å²) in [7, 11) is 0. The summed E-state index contributed by atoms with van der Waals surface area (Å²) in [5.74, 6) is -0.315. The summed E-state index contributed by atoms with van der Waals surface area (Å²) in [6, 6.07) is 5.94. The molecule has 2 heterocycles. The third-order valence-electron chi connectivity index (χ3n) is 3.60.